The molecule has 1 amide bonds. The zero-order valence-corrected chi connectivity index (χ0v) is 22.2. The highest BCUT2D eigenvalue weighted by Crippen LogP contribution is 2.62. The molecule has 0 heterocycles. The van der Waals surface area contributed by atoms with Crippen molar-refractivity contribution in [3.8, 4) is 5.75 Å². The molecule has 0 radical (unpaired) electrons. The minimum Gasteiger partial charge on any atom is -0.426 e. The Balaban J connectivity index is 1.33. The molecule has 4 bridgehead atoms. The normalized spacial score (nSPS) is 28.6. The first kappa shape index (κ1) is 24.8. The molecule has 6 rings (SSSR count). The van der Waals surface area contributed by atoms with Crippen LogP contribution in [0.1, 0.15) is 56.6 Å². The van der Waals surface area contributed by atoms with Gasteiger partial charge in [-0.3, -0.25) is 13.9 Å². The third-order valence-electron chi connectivity index (χ3n) is 8.33. The van der Waals surface area contributed by atoms with Crippen molar-refractivity contribution >= 4 is 27.6 Å². The lowest BCUT2D eigenvalue weighted by Gasteiger charge is -2.60. The summed E-state index contributed by atoms with van der Waals surface area (Å²) in [6.45, 7) is 5.19. The average molecular weight is 511 g/mol. The monoisotopic (exact) mass is 510 g/mol. The number of esters is 1. The number of hydrogen-bond acceptors (Lipinski definition) is 5. The Hall–Kier alpha value is -2.87. The minimum absolute atomic E-state index is 0.0454. The van der Waals surface area contributed by atoms with Crippen LogP contribution in [0.5, 0.6) is 5.75 Å². The molecule has 36 heavy (non-hydrogen) atoms. The summed E-state index contributed by atoms with van der Waals surface area (Å²) in [5.41, 5.74) is 1.16. The van der Waals surface area contributed by atoms with Crippen LogP contribution in [0, 0.1) is 31.1 Å². The van der Waals surface area contributed by atoms with Gasteiger partial charge in [0.25, 0.3) is 10.0 Å². The van der Waals surface area contributed by atoms with Gasteiger partial charge in [-0.1, -0.05) is 12.1 Å². The van der Waals surface area contributed by atoms with E-state index in [2.05, 4.69) is 5.32 Å². The molecule has 0 saturated heterocycles. The molecule has 2 aromatic rings. The summed E-state index contributed by atoms with van der Waals surface area (Å²) in [6, 6.07) is 12.0. The molecule has 8 heteroatoms. The van der Waals surface area contributed by atoms with Gasteiger partial charge < -0.3 is 10.1 Å². The maximum atomic E-state index is 13.5. The van der Waals surface area contributed by atoms with Gasteiger partial charge in [0.1, 0.15) is 5.75 Å². The fourth-order valence-electron chi connectivity index (χ4n) is 7.23. The highest BCUT2D eigenvalue weighted by molar-refractivity contribution is 7.92. The van der Waals surface area contributed by atoms with E-state index in [0.29, 0.717) is 35.3 Å². The van der Waals surface area contributed by atoms with Crippen LogP contribution in [0.3, 0.4) is 0 Å². The van der Waals surface area contributed by atoms with Crippen molar-refractivity contribution in [3.63, 3.8) is 0 Å². The predicted octanol–water partition coefficient (Wildman–Crippen LogP) is 4.51. The first-order valence-electron chi connectivity index (χ1n) is 12.6. The van der Waals surface area contributed by atoms with E-state index in [-0.39, 0.29) is 22.3 Å². The van der Waals surface area contributed by atoms with Gasteiger partial charge in [-0.05, 0) is 106 Å². The largest absolute Gasteiger partial charge is 0.426 e. The van der Waals surface area contributed by atoms with E-state index < -0.39 is 15.4 Å². The molecule has 7 nitrogen and oxygen atoms in total. The molecule has 4 saturated carbocycles. The van der Waals surface area contributed by atoms with Crippen molar-refractivity contribution in [2.75, 3.05) is 11.4 Å². The number of nitrogens with zero attached hydrogens (tertiary/aromatic N) is 1. The van der Waals surface area contributed by atoms with Crippen LogP contribution in [-0.2, 0) is 19.6 Å². The molecule has 1 N–H and O–H groups in total. The third-order valence-corrected chi connectivity index (χ3v) is 10.3. The standard InChI is InChI=1S/C28H34N2O5S/c1-18-5-6-19(2)25(11-18)36(33,34)30(4)23-7-9-24(10-8-23)35-26(32)27-13-21-12-22(14-27)16-28(15-21,17-27)29-20(3)31/h5-11,21-22H,12-17H2,1-4H3,(H,29,31)/t21-,22+,27?,28?. The van der Waals surface area contributed by atoms with E-state index in [1.165, 1.54) is 11.4 Å². The van der Waals surface area contributed by atoms with E-state index in [9.17, 15) is 18.0 Å². The number of nitrogens with one attached hydrogen (secondary N) is 1. The number of amides is 1. The molecule has 4 aliphatic carbocycles. The zero-order valence-electron chi connectivity index (χ0n) is 21.3. The van der Waals surface area contributed by atoms with Gasteiger partial charge in [-0.2, -0.15) is 0 Å². The number of aryl methyl sites for hydroxylation is 2. The Morgan fingerprint density at radius 2 is 1.64 bits per heavy atom. The van der Waals surface area contributed by atoms with Gasteiger partial charge in [0, 0.05) is 19.5 Å². The Morgan fingerprint density at radius 1 is 1.00 bits per heavy atom. The topological polar surface area (TPSA) is 92.8 Å². The Morgan fingerprint density at radius 3 is 2.25 bits per heavy atom. The van der Waals surface area contributed by atoms with Gasteiger partial charge in [0.2, 0.25) is 5.91 Å². The highest BCUT2D eigenvalue weighted by atomic mass is 32.2. The lowest BCUT2D eigenvalue weighted by molar-refractivity contribution is -0.166. The smallest absolute Gasteiger partial charge is 0.317 e. The molecule has 0 spiro atoms. The summed E-state index contributed by atoms with van der Waals surface area (Å²) in [5, 5.41) is 3.18. The quantitative estimate of drug-likeness (QED) is 0.456. The molecule has 4 aliphatic rings. The summed E-state index contributed by atoms with van der Waals surface area (Å²) >= 11 is 0. The number of anilines is 1. The van der Waals surface area contributed by atoms with Crippen LogP contribution in [0.15, 0.2) is 47.4 Å². The van der Waals surface area contributed by atoms with Gasteiger partial charge in [-0.25, -0.2) is 8.42 Å². The number of carbonyl (C=O) groups excluding carboxylic acids is 2. The van der Waals surface area contributed by atoms with E-state index in [4.69, 9.17) is 4.74 Å². The Bertz CT molecular complexity index is 1300. The van der Waals surface area contributed by atoms with Crippen molar-refractivity contribution < 1.29 is 22.7 Å². The molecule has 0 aromatic heterocycles. The number of benzene rings is 2. The SMILES string of the molecule is CC(=O)NC12C[C@H]3C[C@@H](C1)CC(C(=O)Oc1ccc(N(C)S(=O)(=O)c4cc(C)ccc4C)cc1)(C3)C2. The van der Waals surface area contributed by atoms with Crippen LogP contribution < -0.4 is 14.4 Å². The van der Waals surface area contributed by atoms with Gasteiger partial charge in [0.15, 0.2) is 0 Å². The minimum atomic E-state index is -3.74. The highest BCUT2D eigenvalue weighted by Gasteiger charge is 2.61. The van der Waals surface area contributed by atoms with Gasteiger partial charge >= 0.3 is 5.97 Å². The first-order chi connectivity index (χ1) is 16.9. The molecule has 0 aliphatic heterocycles. The van der Waals surface area contributed by atoms with Crippen LogP contribution in [0.2, 0.25) is 0 Å². The summed E-state index contributed by atoms with van der Waals surface area (Å²) in [7, 11) is -2.21. The van der Waals surface area contributed by atoms with Crippen molar-refractivity contribution in [1.29, 1.82) is 0 Å². The summed E-state index contributed by atoms with van der Waals surface area (Å²) in [6.07, 6.45) is 5.23. The van der Waals surface area contributed by atoms with E-state index in [1.54, 1.807) is 50.2 Å². The summed E-state index contributed by atoms with van der Waals surface area (Å²) in [5.74, 6) is 0.964. The molecule has 192 valence electrons. The fraction of sp³-hybridized carbons (Fsp3) is 0.500. The molecular formula is C28H34N2O5S. The lowest BCUT2D eigenvalue weighted by Crippen LogP contribution is -2.65. The molecule has 4 atom stereocenters. The second kappa shape index (κ2) is 8.61. The maximum Gasteiger partial charge on any atom is 0.317 e. The fourth-order valence-corrected chi connectivity index (χ4v) is 8.74. The van der Waals surface area contributed by atoms with Crippen molar-refractivity contribution in [1.82, 2.24) is 5.32 Å². The second-order valence-electron chi connectivity index (χ2n) is 11.3. The lowest BCUT2D eigenvalue weighted by atomic mass is 9.47. The van der Waals surface area contributed by atoms with Crippen molar-refractivity contribution in [2.45, 2.75) is 69.7 Å². The number of hydrogen-bond donors (Lipinski definition) is 1. The van der Waals surface area contributed by atoms with Crippen LogP contribution >= 0.6 is 0 Å². The second-order valence-corrected chi connectivity index (χ2v) is 13.3. The summed E-state index contributed by atoms with van der Waals surface area (Å²) < 4.78 is 33.6. The molecular weight excluding hydrogens is 476 g/mol. The Labute approximate surface area is 213 Å². The first-order valence-corrected chi connectivity index (χ1v) is 14.0. The van der Waals surface area contributed by atoms with Crippen molar-refractivity contribution in [3.05, 3.63) is 53.6 Å². The average Bonchev–Trinajstić information content (AvgIpc) is 2.79. The maximum absolute atomic E-state index is 13.5. The number of rotatable bonds is 6. The van der Waals surface area contributed by atoms with Gasteiger partial charge in [-0.15, -0.1) is 0 Å². The van der Waals surface area contributed by atoms with Crippen LogP contribution in [0.4, 0.5) is 5.69 Å². The molecule has 4 fully saturated rings. The summed E-state index contributed by atoms with van der Waals surface area (Å²) in [4.78, 5) is 25.7. The van der Waals surface area contributed by atoms with Gasteiger partial charge in [0.05, 0.1) is 16.0 Å². The number of sulfonamides is 1. The predicted molar refractivity (Wildman–Crippen MR) is 137 cm³/mol. The van der Waals surface area contributed by atoms with E-state index in [0.717, 1.165) is 37.7 Å². The molecule has 2 unspecified atom stereocenters. The Kier molecular flexibility index (Phi) is 5.93. The van der Waals surface area contributed by atoms with E-state index >= 15 is 0 Å². The molecule has 2 aromatic carbocycles. The van der Waals surface area contributed by atoms with E-state index in [1.807, 2.05) is 13.0 Å². The van der Waals surface area contributed by atoms with Crippen LogP contribution in [0.25, 0.3) is 0 Å². The number of carbonyl (C=O) groups is 2. The zero-order chi connectivity index (χ0) is 25.9. The van der Waals surface area contributed by atoms with Crippen molar-refractivity contribution in [2.24, 2.45) is 17.3 Å². The third kappa shape index (κ3) is 4.29. The number of ether oxygens (including phenoxy) is 1. The van der Waals surface area contributed by atoms with Crippen LogP contribution in [-0.4, -0.2) is 32.9 Å².